The first-order chi connectivity index (χ1) is 10.1. The lowest BCUT2D eigenvalue weighted by atomic mass is 10.4. The molecule has 9 nitrogen and oxygen atoms in total. The van der Waals surface area contributed by atoms with Crippen molar-refractivity contribution in [2.45, 2.75) is 13.1 Å². The van der Waals surface area contributed by atoms with Crippen molar-refractivity contribution in [3.8, 4) is 0 Å². The Morgan fingerprint density at radius 2 is 2.19 bits per heavy atom. The molecule has 0 aliphatic carbocycles. The zero-order valence-corrected chi connectivity index (χ0v) is 11.1. The second-order valence-corrected chi connectivity index (χ2v) is 4.13. The zero-order valence-electron chi connectivity index (χ0n) is 11.1. The Morgan fingerprint density at radius 1 is 1.33 bits per heavy atom. The maximum Gasteiger partial charge on any atom is 0.356 e. The largest absolute Gasteiger partial charge is 0.476 e. The van der Waals surface area contributed by atoms with Crippen LogP contribution in [0, 0.1) is 0 Å². The Labute approximate surface area is 120 Å². The highest BCUT2D eigenvalue weighted by atomic mass is 16.4. The molecule has 2 rings (SSSR count). The quantitative estimate of drug-likeness (QED) is 0.681. The summed E-state index contributed by atoms with van der Waals surface area (Å²) in [6.07, 6.45) is 4.37. The van der Waals surface area contributed by atoms with E-state index in [1.165, 1.54) is 12.5 Å². The average Bonchev–Trinajstić information content (AvgIpc) is 2.95. The Hall–Kier alpha value is -2.97. The molecule has 0 fully saturated rings. The average molecular weight is 290 g/mol. The Kier molecular flexibility index (Phi) is 4.80. The van der Waals surface area contributed by atoms with Crippen LogP contribution in [0.1, 0.15) is 16.2 Å². The van der Waals surface area contributed by atoms with Gasteiger partial charge in [-0.15, -0.1) is 0 Å². The number of hydrogen-bond acceptors (Lipinski definition) is 5. The highest BCUT2D eigenvalue weighted by molar-refractivity contribution is 5.84. The molecule has 2 aromatic rings. The van der Waals surface area contributed by atoms with Crippen molar-refractivity contribution in [3.05, 3.63) is 42.2 Å². The lowest BCUT2D eigenvalue weighted by molar-refractivity contribution is 0.0691. The van der Waals surface area contributed by atoms with Crippen LogP contribution in [0.5, 0.6) is 0 Å². The van der Waals surface area contributed by atoms with Crippen LogP contribution in [0.25, 0.3) is 0 Å². The molecule has 0 aromatic carbocycles. The van der Waals surface area contributed by atoms with Crippen molar-refractivity contribution < 1.29 is 14.7 Å². The second-order valence-electron chi connectivity index (χ2n) is 4.13. The van der Waals surface area contributed by atoms with Gasteiger partial charge in [-0.25, -0.2) is 14.6 Å². The Morgan fingerprint density at radius 3 is 2.86 bits per heavy atom. The van der Waals surface area contributed by atoms with Crippen molar-refractivity contribution in [1.29, 1.82) is 0 Å². The van der Waals surface area contributed by atoms with Gasteiger partial charge in [0, 0.05) is 25.5 Å². The summed E-state index contributed by atoms with van der Waals surface area (Å²) in [6.45, 7) is 1.06. The van der Waals surface area contributed by atoms with E-state index in [4.69, 9.17) is 5.11 Å². The fourth-order valence-electron chi connectivity index (χ4n) is 1.55. The highest BCUT2D eigenvalue weighted by Gasteiger charge is 2.06. The van der Waals surface area contributed by atoms with Gasteiger partial charge in [-0.3, -0.25) is 0 Å². The summed E-state index contributed by atoms with van der Waals surface area (Å²) in [5.74, 6) is -1.08. The van der Waals surface area contributed by atoms with Gasteiger partial charge in [0.2, 0.25) is 0 Å². The van der Waals surface area contributed by atoms with Crippen LogP contribution in [-0.2, 0) is 13.1 Å². The molecule has 3 N–H and O–H groups in total. The molecule has 0 unspecified atom stereocenters. The van der Waals surface area contributed by atoms with Crippen molar-refractivity contribution in [2.75, 3.05) is 6.54 Å². The van der Waals surface area contributed by atoms with Crippen molar-refractivity contribution in [1.82, 2.24) is 30.4 Å². The topological polar surface area (TPSA) is 122 Å². The van der Waals surface area contributed by atoms with Gasteiger partial charge in [-0.2, -0.15) is 10.2 Å². The molecule has 9 heteroatoms. The molecule has 110 valence electrons. The third-order valence-electron chi connectivity index (χ3n) is 2.57. The van der Waals surface area contributed by atoms with Gasteiger partial charge in [0.05, 0.1) is 18.6 Å². The summed E-state index contributed by atoms with van der Waals surface area (Å²) in [5, 5.41) is 21.5. The summed E-state index contributed by atoms with van der Waals surface area (Å²) in [5.41, 5.74) is 0.635. The number of carbonyl (C=O) groups excluding carboxylic acids is 1. The molecular formula is C12H14N6O3. The maximum absolute atomic E-state index is 11.5. The van der Waals surface area contributed by atoms with Crippen LogP contribution in [0.2, 0.25) is 0 Å². The molecule has 0 saturated carbocycles. The molecule has 0 radical (unpaired) electrons. The standard InChI is InChI=1S/C12H14N6O3/c19-11(20)10-7-18(8-15-10)5-4-13-12(21)14-6-9-2-1-3-16-17-9/h1-3,7-8H,4-6H2,(H,19,20)(H2,13,14,21). The summed E-state index contributed by atoms with van der Waals surface area (Å²) in [7, 11) is 0. The summed E-state index contributed by atoms with van der Waals surface area (Å²) in [6, 6.07) is 3.16. The lowest BCUT2D eigenvalue weighted by Crippen LogP contribution is -2.36. The molecule has 2 aromatic heterocycles. The van der Waals surface area contributed by atoms with E-state index in [1.807, 2.05) is 0 Å². The monoisotopic (exact) mass is 290 g/mol. The van der Waals surface area contributed by atoms with Crippen LogP contribution in [0.4, 0.5) is 4.79 Å². The minimum absolute atomic E-state index is 0.0258. The van der Waals surface area contributed by atoms with E-state index in [0.29, 0.717) is 18.8 Å². The predicted octanol–water partition coefficient (Wildman–Crippen LogP) is -0.129. The minimum atomic E-state index is -1.08. The van der Waals surface area contributed by atoms with Crippen LogP contribution in [0.3, 0.4) is 0 Å². The molecule has 0 spiro atoms. The fourth-order valence-corrected chi connectivity index (χ4v) is 1.55. The van der Waals surface area contributed by atoms with Crippen LogP contribution in [0.15, 0.2) is 30.9 Å². The molecule has 0 aliphatic heterocycles. The molecule has 2 heterocycles. The summed E-state index contributed by atoms with van der Waals surface area (Å²) >= 11 is 0. The molecule has 0 saturated heterocycles. The number of amides is 2. The van der Waals surface area contributed by atoms with Gasteiger partial charge < -0.3 is 20.3 Å². The number of nitrogens with zero attached hydrogens (tertiary/aromatic N) is 4. The van der Waals surface area contributed by atoms with Gasteiger partial charge in [-0.05, 0) is 12.1 Å². The first kappa shape index (κ1) is 14.4. The fraction of sp³-hybridized carbons (Fsp3) is 0.250. The van der Waals surface area contributed by atoms with Crippen molar-refractivity contribution in [3.63, 3.8) is 0 Å². The van der Waals surface area contributed by atoms with Gasteiger partial charge in [-0.1, -0.05) is 0 Å². The number of hydrogen-bond donors (Lipinski definition) is 3. The third-order valence-corrected chi connectivity index (χ3v) is 2.57. The normalized spacial score (nSPS) is 10.1. The number of carbonyl (C=O) groups is 2. The number of aromatic nitrogens is 4. The smallest absolute Gasteiger partial charge is 0.356 e. The Balaban J connectivity index is 1.68. The molecule has 0 atom stereocenters. The number of aromatic carboxylic acids is 1. The number of urea groups is 1. The lowest BCUT2D eigenvalue weighted by Gasteiger charge is -2.07. The van der Waals surface area contributed by atoms with Crippen LogP contribution < -0.4 is 10.6 Å². The summed E-state index contributed by atoms with van der Waals surface area (Å²) < 4.78 is 1.59. The van der Waals surface area contributed by atoms with E-state index in [1.54, 1.807) is 22.9 Å². The molecular weight excluding hydrogens is 276 g/mol. The highest BCUT2D eigenvalue weighted by Crippen LogP contribution is 1.95. The molecule has 0 bridgehead atoms. The van der Waals surface area contributed by atoms with E-state index in [9.17, 15) is 9.59 Å². The number of carboxylic acid groups (broad SMARTS) is 1. The number of carboxylic acids is 1. The van der Waals surface area contributed by atoms with E-state index < -0.39 is 5.97 Å². The summed E-state index contributed by atoms with van der Waals surface area (Å²) in [4.78, 5) is 25.9. The third kappa shape index (κ3) is 4.56. The second kappa shape index (κ2) is 6.98. The molecule has 0 aliphatic rings. The van der Waals surface area contributed by atoms with Crippen LogP contribution >= 0.6 is 0 Å². The van der Waals surface area contributed by atoms with E-state index in [0.717, 1.165) is 0 Å². The van der Waals surface area contributed by atoms with Crippen molar-refractivity contribution >= 4 is 12.0 Å². The number of nitrogens with one attached hydrogen (secondary N) is 2. The Bertz CT molecular complexity index is 612. The first-order valence-corrected chi connectivity index (χ1v) is 6.18. The predicted molar refractivity (Wildman–Crippen MR) is 71.5 cm³/mol. The first-order valence-electron chi connectivity index (χ1n) is 6.18. The SMILES string of the molecule is O=C(NCCn1cnc(C(=O)O)c1)NCc1cccnn1. The number of imidazole rings is 1. The van der Waals surface area contributed by atoms with E-state index >= 15 is 0 Å². The van der Waals surface area contributed by atoms with Gasteiger partial charge in [0.15, 0.2) is 5.69 Å². The number of rotatable bonds is 6. The molecule has 21 heavy (non-hydrogen) atoms. The van der Waals surface area contributed by atoms with Gasteiger partial charge in [0.25, 0.3) is 0 Å². The van der Waals surface area contributed by atoms with E-state index in [-0.39, 0.29) is 18.3 Å². The molecule has 2 amide bonds. The van der Waals surface area contributed by atoms with Crippen molar-refractivity contribution in [2.24, 2.45) is 0 Å². The minimum Gasteiger partial charge on any atom is -0.476 e. The zero-order chi connectivity index (χ0) is 15.1. The van der Waals surface area contributed by atoms with Gasteiger partial charge in [0.1, 0.15) is 0 Å². The maximum atomic E-state index is 11.5. The van der Waals surface area contributed by atoms with Gasteiger partial charge >= 0.3 is 12.0 Å². The van der Waals surface area contributed by atoms with E-state index in [2.05, 4.69) is 25.8 Å². The van der Waals surface area contributed by atoms with Crippen LogP contribution in [-0.4, -0.2) is 43.4 Å².